The van der Waals surface area contributed by atoms with E-state index in [1.165, 1.54) is 19.3 Å². The molecule has 0 aliphatic heterocycles. The van der Waals surface area contributed by atoms with Gasteiger partial charge in [0.2, 0.25) is 0 Å². The third-order valence-corrected chi connectivity index (χ3v) is 3.19. The summed E-state index contributed by atoms with van der Waals surface area (Å²) in [5.74, 6) is 1.85. The summed E-state index contributed by atoms with van der Waals surface area (Å²) in [6, 6.07) is 0.821. The van der Waals surface area contributed by atoms with Crippen molar-refractivity contribution in [1.29, 1.82) is 0 Å². The van der Waals surface area contributed by atoms with Crippen LogP contribution in [0.3, 0.4) is 0 Å². The average Bonchev–Trinajstić information content (AvgIpc) is 3.01. The summed E-state index contributed by atoms with van der Waals surface area (Å²) >= 11 is 0. The van der Waals surface area contributed by atoms with Crippen LogP contribution in [0.1, 0.15) is 38.9 Å². The number of hydrogen-bond donors (Lipinski definition) is 1. The Morgan fingerprint density at radius 1 is 1.56 bits per heavy atom. The highest BCUT2D eigenvalue weighted by molar-refractivity contribution is 4.86. The number of aromatic nitrogens is 3. The number of nitrogens with zero attached hydrogens (tertiary/aromatic N) is 3. The first-order valence-corrected chi connectivity index (χ1v) is 6.39. The number of rotatable bonds is 7. The molecule has 1 atom stereocenters. The molecule has 0 radical (unpaired) electrons. The fourth-order valence-electron chi connectivity index (χ4n) is 1.88. The van der Waals surface area contributed by atoms with Crippen molar-refractivity contribution in [3.05, 3.63) is 12.2 Å². The Hall–Kier alpha value is -0.900. The van der Waals surface area contributed by atoms with E-state index in [9.17, 15) is 0 Å². The fourth-order valence-corrected chi connectivity index (χ4v) is 1.88. The molecule has 1 N–H and O–H groups in total. The molecule has 1 saturated carbocycles. The topological polar surface area (TPSA) is 42.7 Å². The van der Waals surface area contributed by atoms with Crippen LogP contribution in [-0.4, -0.2) is 27.4 Å². The van der Waals surface area contributed by atoms with Crippen molar-refractivity contribution in [2.45, 2.75) is 52.1 Å². The molecule has 0 saturated heterocycles. The lowest BCUT2D eigenvalue weighted by molar-refractivity contribution is 0.466. The Bertz CT molecular complexity index is 317. The van der Waals surface area contributed by atoms with Gasteiger partial charge in [-0.15, -0.1) is 0 Å². The number of nitrogens with one attached hydrogen (secondary N) is 1. The van der Waals surface area contributed by atoms with Gasteiger partial charge in [-0.05, 0) is 38.6 Å². The summed E-state index contributed by atoms with van der Waals surface area (Å²) in [4.78, 5) is 4.30. The lowest BCUT2D eigenvalue weighted by atomic mass is 10.1. The summed E-state index contributed by atoms with van der Waals surface area (Å²) in [5, 5.41) is 7.76. The van der Waals surface area contributed by atoms with Gasteiger partial charge in [0.1, 0.15) is 12.2 Å². The van der Waals surface area contributed by atoms with Crippen molar-refractivity contribution in [3.63, 3.8) is 0 Å². The second kappa shape index (κ2) is 5.43. The van der Waals surface area contributed by atoms with Crippen LogP contribution in [0.2, 0.25) is 0 Å². The highest BCUT2D eigenvalue weighted by atomic mass is 15.3. The smallest absolute Gasteiger partial charge is 0.138 e. The van der Waals surface area contributed by atoms with Crippen LogP contribution in [0.25, 0.3) is 0 Å². The van der Waals surface area contributed by atoms with E-state index < -0.39 is 0 Å². The third kappa shape index (κ3) is 3.30. The first-order chi connectivity index (χ1) is 7.79. The van der Waals surface area contributed by atoms with Gasteiger partial charge in [-0.2, -0.15) is 5.10 Å². The van der Waals surface area contributed by atoms with Gasteiger partial charge in [-0.1, -0.05) is 6.92 Å². The fraction of sp³-hybridized carbons (Fsp3) is 0.833. The number of hydrogen-bond acceptors (Lipinski definition) is 3. The summed E-state index contributed by atoms with van der Waals surface area (Å²) in [5.41, 5.74) is 0. The van der Waals surface area contributed by atoms with E-state index in [1.807, 2.05) is 4.68 Å². The molecule has 2 rings (SSSR count). The highest BCUT2D eigenvalue weighted by Gasteiger charge is 2.20. The molecule has 1 fully saturated rings. The normalized spacial score (nSPS) is 17.6. The maximum Gasteiger partial charge on any atom is 0.138 e. The Morgan fingerprint density at radius 3 is 3.06 bits per heavy atom. The Kier molecular flexibility index (Phi) is 3.93. The number of aryl methyl sites for hydroxylation is 2. The molecule has 0 aromatic carbocycles. The Labute approximate surface area is 97.5 Å². The van der Waals surface area contributed by atoms with Gasteiger partial charge in [-0.3, -0.25) is 4.68 Å². The molecule has 0 spiro atoms. The minimum absolute atomic E-state index is 0.725. The van der Waals surface area contributed by atoms with Gasteiger partial charge in [0.05, 0.1) is 0 Å². The van der Waals surface area contributed by atoms with E-state index in [2.05, 4.69) is 29.2 Å². The van der Waals surface area contributed by atoms with Gasteiger partial charge >= 0.3 is 0 Å². The molecule has 1 aliphatic rings. The van der Waals surface area contributed by atoms with E-state index >= 15 is 0 Å². The predicted molar refractivity (Wildman–Crippen MR) is 64.2 cm³/mol. The SMILES string of the molecule is CCn1ncnc1CCC(C)CNC1CC1. The van der Waals surface area contributed by atoms with Crippen LogP contribution in [0.5, 0.6) is 0 Å². The zero-order valence-corrected chi connectivity index (χ0v) is 10.3. The molecule has 1 aromatic rings. The van der Waals surface area contributed by atoms with Gasteiger partial charge < -0.3 is 5.32 Å². The third-order valence-electron chi connectivity index (χ3n) is 3.19. The molecule has 1 unspecified atom stereocenters. The molecule has 1 aromatic heterocycles. The molecule has 0 bridgehead atoms. The van der Waals surface area contributed by atoms with Crippen LogP contribution in [0.15, 0.2) is 6.33 Å². The maximum absolute atomic E-state index is 4.30. The zero-order chi connectivity index (χ0) is 11.4. The zero-order valence-electron chi connectivity index (χ0n) is 10.3. The van der Waals surface area contributed by atoms with Crippen molar-refractivity contribution in [2.75, 3.05) is 6.54 Å². The molecular weight excluding hydrogens is 200 g/mol. The quantitative estimate of drug-likeness (QED) is 0.762. The molecule has 90 valence electrons. The van der Waals surface area contributed by atoms with E-state index in [0.717, 1.165) is 37.3 Å². The first kappa shape index (κ1) is 11.6. The second-order valence-electron chi connectivity index (χ2n) is 4.82. The average molecular weight is 222 g/mol. The molecular formula is C12H22N4. The van der Waals surface area contributed by atoms with Gasteiger partial charge in [0, 0.05) is 19.0 Å². The van der Waals surface area contributed by atoms with Crippen molar-refractivity contribution in [3.8, 4) is 0 Å². The molecule has 16 heavy (non-hydrogen) atoms. The minimum atomic E-state index is 0.725. The molecule has 0 amide bonds. The standard InChI is InChI=1S/C12H22N4/c1-3-16-12(14-9-15-16)7-4-10(2)8-13-11-5-6-11/h9-11,13H,3-8H2,1-2H3. The lowest BCUT2D eigenvalue weighted by Crippen LogP contribution is -2.23. The van der Waals surface area contributed by atoms with Gasteiger partial charge in [0.25, 0.3) is 0 Å². The highest BCUT2D eigenvalue weighted by Crippen LogP contribution is 2.19. The van der Waals surface area contributed by atoms with E-state index in [-0.39, 0.29) is 0 Å². The van der Waals surface area contributed by atoms with E-state index in [1.54, 1.807) is 6.33 Å². The minimum Gasteiger partial charge on any atom is -0.314 e. The summed E-state index contributed by atoms with van der Waals surface area (Å²) in [7, 11) is 0. The van der Waals surface area contributed by atoms with Crippen molar-refractivity contribution >= 4 is 0 Å². The van der Waals surface area contributed by atoms with Gasteiger partial charge in [-0.25, -0.2) is 4.98 Å². The van der Waals surface area contributed by atoms with Crippen LogP contribution in [-0.2, 0) is 13.0 Å². The van der Waals surface area contributed by atoms with E-state index in [0.29, 0.717) is 0 Å². The van der Waals surface area contributed by atoms with Crippen molar-refractivity contribution in [1.82, 2.24) is 20.1 Å². The summed E-state index contributed by atoms with van der Waals surface area (Å²) in [6.07, 6.45) is 6.64. The van der Waals surface area contributed by atoms with Crippen LogP contribution in [0.4, 0.5) is 0 Å². The summed E-state index contributed by atoms with van der Waals surface area (Å²) < 4.78 is 1.99. The lowest BCUT2D eigenvalue weighted by Gasteiger charge is -2.11. The predicted octanol–water partition coefficient (Wildman–Crippen LogP) is 1.62. The molecule has 1 aliphatic carbocycles. The Morgan fingerprint density at radius 2 is 2.38 bits per heavy atom. The van der Waals surface area contributed by atoms with Crippen molar-refractivity contribution < 1.29 is 0 Å². The Balaban J connectivity index is 1.68. The van der Waals surface area contributed by atoms with Gasteiger partial charge in [0.15, 0.2) is 0 Å². The molecule has 4 heteroatoms. The van der Waals surface area contributed by atoms with Crippen molar-refractivity contribution in [2.24, 2.45) is 5.92 Å². The maximum atomic E-state index is 4.30. The van der Waals surface area contributed by atoms with E-state index in [4.69, 9.17) is 0 Å². The second-order valence-corrected chi connectivity index (χ2v) is 4.82. The van der Waals surface area contributed by atoms with Crippen LogP contribution < -0.4 is 5.32 Å². The molecule has 1 heterocycles. The van der Waals surface area contributed by atoms with Crippen LogP contribution in [0, 0.1) is 5.92 Å². The monoisotopic (exact) mass is 222 g/mol. The largest absolute Gasteiger partial charge is 0.314 e. The molecule has 4 nitrogen and oxygen atoms in total. The van der Waals surface area contributed by atoms with Crippen LogP contribution >= 0.6 is 0 Å². The first-order valence-electron chi connectivity index (χ1n) is 6.39. The summed E-state index contributed by atoms with van der Waals surface area (Å²) in [6.45, 7) is 6.48.